The van der Waals surface area contributed by atoms with Crippen LogP contribution in [0.1, 0.15) is 29.3 Å². The summed E-state index contributed by atoms with van der Waals surface area (Å²) in [5, 5.41) is 27.7. The summed E-state index contributed by atoms with van der Waals surface area (Å²) in [5.74, 6) is -1.56. The fraction of sp³-hybridized carbons (Fsp3) is 0.333. The molecule has 0 aliphatic carbocycles. The zero-order valence-corrected chi connectivity index (χ0v) is 13.0. The van der Waals surface area contributed by atoms with Crippen LogP contribution in [0.5, 0.6) is 0 Å². The maximum atomic E-state index is 12.3. The number of hydrogen-bond acceptors (Lipinski definition) is 7. The Morgan fingerprint density at radius 1 is 1.52 bits per heavy atom. The lowest BCUT2D eigenvalue weighted by Gasteiger charge is -2.23. The van der Waals surface area contributed by atoms with Gasteiger partial charge in [-0.2, -0.15) is 5.10 Å². The van der Waals surface area contributed by atoms with Gasteiger partial charge in [0.1, 0.15) is 22.9 Å². The number of carboxylic acids is 1. The van der Waals surface area contributed by atoms with Crippen molar-refractivity contribution in [2.24, 2.45) is 0 Å². The Labute approximate surface area is 133 Å². The third-order valence-electron chi connectivity index (χ3n) is 3.08. The predicted octanol–water partition coefficient (Wildman–Crippen LogP) is 0.997. The van der Waals surface area contributed by atoms with E-state index >= 15 is 0 Å². The number of thiazole rings is 1. The first-order valence-corrected chi connectivity index (χ1v) is 7.25. The van der Waals surface area contributed by atoms with Crippen LogP contribution in [0.3, 0.4) is 0 Å². The lowest BCUT2D eigenvalue weighted by Crippen LogP contribution is -2.44. The van der Waals surface area contributed by atoms with E-state index in [1.54, 1.807) is 13.8 Å². The molecule has 2 rings (SSSR count). The van der Waals surface area contributed by atoms with Crippen molar-refractivity contribution in [2.45, 2.75) is 25.9 Å². The molecule has 0 fully saturated rings. The Balaban J connectivity index is 2.05. The van der Waals surface area contributed by atoms with E-state index in [9.17, 15) is 19.7 Å². The molecule has 0 aromatic carbocycles. The highest BCUT2D eigenvalue weighted by molar-refractivity contribution is 7.09. The number of aromatic carboxylic acids is 1. The van der Waals surface area contributed by atoms with Gasteiger partial charge in [0.05, 0.1) is 11.5 Å². The van der Waals surface area contributed by atoms with Crippen LogP contribution in [-0.4, -0.2) is 36.7 Å². The molecule has 0 saturated heterocycles. The fourth-order valence-electron chi connectivity index (χ4n) is 1.68. The second-order valence-corrected chi connectivity index (χ2v) is 6.02. The van der Waals surface area contributed by atoms with E-state index in [4.69, 9.17) is 5.11 Å². The number of aromatic nitrogens is 3. The topological polar surface area (TPSA) is 140 Å². The molecule has 2 N–H and O–H groups in total. The summed E-state index contributed by atoms with van der Waals surface area (Å²) in [6, 6.07) is 0. The van der Waals surface area contributed by atoms with Crippen molar-refractivity contribution in [1.29, 1.82) is 0 Å². The van der Waals surface area contributed by atoms with Gasteiger partial charge in [0.25, 0.3) is 0 Å². The van der Waals surface area contributed by atoms with Crippen LogP contribution in [0.15, 0.2) is 17.8 Å². The Morgan fingerprint density at radius 2 is 2.22 bits per heavy atom. The quantitative estimate of drug-likeness (QED) is 0.590. The standard InChI is InChI=1S/C12H13N5O5S/c1-12(2,16-5-7(3-14-16)17(21)22)11(20)13-4-9-15-8(6-23-9)10(18)19/h3,5-6H,4H2,1-2H3,(H,13,20)(H,18,19). The van der Waals surface area contributed by atoms with Crippen molar-refractivity contribution < 1.29 is 19.6 Å². The molecular formula is C12H13N5O5S. The third-order valence-corrected chi connectivity index (χ3v) is 3.93. The number of carbonyl (C=O) groups excluding carboxylic acids is 1. The smallest absolute Gasteiger partial charge is 0.355 e. The number of nitrogens with zero attached hydrogens (tertiary/aromatic N) is 4. The zero-order valence-electron chi connectivity index (χ0n) is 12.2. The lowest BCUT2D eigenvalue weighted by atomic mass is 10.1. The van der Waals surface area contributed by atoms with Gasteiger partial charge in [-0.15, -0.1) is 11.3 Å². The molecule has 122 valence electrons. The number of nitrogens with one attached hydrogen (secondary N) is 1. The Hall–Kier alpha value is -2.82. The van der Waals surface area contributed by atoms with Gasteiger partial charge in [0.2, 0.25) is 5.91 Å². The molecule has 2 heterocycles. The minimum atomic E-state index is -1.15. The van der Waals surface area contributed by atoms with E-state index in [2.05, 4.69) is 15.4 Å². The van der Waals surface area contributed by atoms with Gasteiger partial charge in [-0.1, -0.05) is 0 Å². The van der Waals surface area contributed by atoms with Crippen molar-refractivity contribution >= 4 is 28.9 Å². The van der Waals surface area contributed by atoms with Crippen molar-refractivity contribution in [3.8, 4) is 0 Å². The second kappa shape index (κ2) is 6.12. The van der Waals surface area contributed by atoms with E-state index < -0.39 is 22.3 Å². The molecule has 0 aliphatic heterocycles. The van der Waals surface area contributed by atoms with Gasteiger partial charge < -0.3 is 10.4 Å². The average molecular weight is 339 g/mol. The lowest BCUT2D eigenvalue weighted by molar-refractivity contribution is -0.385. The second-order valence-electron chi connectivity index (χ2n) is 5.07. The maximum absolute atomic E-state index is 12.3. The van der Waals surface area contributed by atoms with Gasteiger partial charge in [-0.3, -0.25) is 19.6 Å². The summed E-state index contributed by atoms with van der Waals surface area (Å²) in [6.07, 6.45) is 2.24. The van der Waals surface area contributed by atoms with Crippen molar-refractivity contribution in [3.63, 3.8) is 0 Å². The molecule has 10 nitrogen and oxygen atoms in total. The molecule has 0 aliphatic rings. The van der Waals surface area contributed by atoms with Crippen LogP contribution in [0.4, 0.5) is 5.69 Å². The van der Waals surface area contributed by atoms with Gasteiger partial charge in [0.15, 0.2) is 5.69 Å². The van der Waals surface area contributed by atoms with Gasteiger partial charge in [-0.25, -0.2) is 9.78 Å². The van der Waals surface area contributed by atoms with Gasteiger partial charge >= 0.3 is 11.7 Å². The molecule has 0 unspecified atom stereocenters. The summed E-state index contributed by atoms with van der Waals surface area (Å²) >= 11 is 1.12. The fourth-order valence-corrected chi connectivity index (χ4v) is 2.39. The molecule has 0 atom stereocenters. The summed E-state index contributed by atoms with van der Waals surface area (Å²) in [7, 11) is 0. The highest BCUT2D eigenvalue weighted by Crippen LogP contribution is 2.19. The predicted molar refractivity (Wildman–Crippen MR) is 79.1 cm³/mol. The Kier molecular flexibility index (Phi) is 4.40. The molecule has 1 amide bonds. The molecule has 0 saturated carbocycles. The largest absolute Gasteiger partial charge is 0.476 e. The highest BCUT2D eigenvalue weighted by atomic mass is 32.1. The SMILES string of the molecule is CC(C)(C(=O)NCc1nc(C(=O)O)cs1)n1cc([N+](=O)[O-])cn1. The van der Waals surface area contributed by atoms with Crippen LogP contribution < -0.4 is 5.32 Å². The summed E-state index contributed by atoms with van der Waals surface area (Å²) in [6.45, 7) is 3.18. The summed E-state index contributed by atoms with van der Waals surface area (Å²) < 4.78 is 1.20. The average Bonchev–Trinajstić information content (AvgIpc) is 3.13. The van der Waals surface area contributed by atoms with E-state index in [0.717, 1.165) is 17.5 Å². The highest BCUT2D eigenvalue weighted by Gasteiger charge is 2.32. The van der Waals surface area contributed by atoms with E-state index in [0.29, 0.717) is 5.01 Å². The summed E-state index contributed by atoms with van der Waals surface area (Å²) in [5.41, 5.74) is -1.45. The maximum Gasteiger partial charge on any atom is 0.355 e. The van der Waals surface area contributed by atoms with Crippen molar-refractivity contribution in [2.75, 3.05) is 0 Å². The number of nitro groups is 1. The number of hydrogen-bond donors (Lipinski definition) is 2. The first-order chi connectivity index (χ1) is 10.7. The molecule has 0 spiro atoms. The minimum Gasteiger partial charge on any atom is -0.476 e. The van der Waals surface area contributed by atoms with Crippen LogP contribution in [-0.2, 0) is 16.9 Å². The Morgan fingerprint density at radius 3 is 2.74 bits per heavy atom. The number of carbonyl (C=O) groups is 2. The third kappa shape index (κ3) is 3.51. The molecule has 23 heavy (non-hydrogen) atoms. The monoisotopic (exact) mass is 339 g/mol. The normalized spacial score (nSPS) is 11.2. The van der Waals surface area contributed by atoms with Gasteiger partial charge in [0, 0.05) is 5.38 Å². The molecule has 0 bridgehead atoms. The molecule has 0 radical (unpaired) electrons. The number of amides is 1. The van der Waals surface area contributed by atoms with E-state index in [-0.39, 0.29) is 17.9 Å². The minimum absolute atomic E-state index is 0.0591. The molecular weight excluding hydrogens is 326 g/mol. The number of rotatable bonds is 6. The van der Waals surface area contributed by atoms with E-state index in [1.165, 1.54) is 16.3 Å². The first-order valence-electron chi connectivity index (χ1n) is 6.37. The zero-order chi connectivity index (χ0) is 17.2. The molecule has 2 aromatic heterocycles. The van der Waals surface area contributed by atoms with Crippen molar-refractivity contribution in [3.05, 3.63) is 38.6 Å². The van der Waals surface area contributed by atoms with Crippen LogP contribution in [0, 0.1) is 10.1 Å². The molecule has 11 heteroatoms. The first kappa shape index (κ1) is 16.5. The van der Waals surface area contributed by atoms with Crippen LogP contribution >= 0.6 is 11.3 Å². The van der Waals surface area contributed by atoms with E-state index in [1.807, 2.05) is 0 Å². The Bertz CT molecular complexity index is 765. The molecule has 2 aromatic rings. The number of carboxylic acid groups (broad SMARTS) is 1. The van der Waals surface area contributed by atoms with Crippen LogP contribution in [0.2, 0.25) is 0 Å². The summed E-state index contributed by atoms with van der Waals surface area (Å²) in [4.78, 5) is 37.0. The van der Waals surface area contributed by atoms with Gasteiger partial charge in [-0.05, 0) is 13.8 Å². The van der Waals surface area contributed by atoms with Crippen LogP contribution in [0.25, 0.3) is 0 Å². The van der Waals surface area contributed by atoms with Crippen molar-refractivity contribution in [1.82, 2.24) is 20.1 Å².